The lowest BCUT2D eigenvalue weighted by molar-refractivity contribution is 0.124. The van der Waals surface area contributed by atoms with E-state index in [1.807, 2.05) is 25.4 Å². The number of hydrogen-bond acceptors (Lipinski definition) is 4. The van der Waals surface area contributed by atoms with Crippen LogP contribution in [-0.4, -0.2) is 40.4 Å². The Labute approximate surface area is 228 Å². The fourth-order valence-electron chi connectivity index (χ4n) is 5.41. The summed E-state index contributed by atoms with van der Waals surface area (Å²) in [6.07, 6.45) is 18.0. The maximum atomic E-state index is 13.8. The summed E-state index contributed by atoms with van der Waals surface area (Å²) >= 11 is 0. The van der Waals surface area contributed by atoms with Crippen molar-refractivity contribution in [3.63, 3.8) is 0 Å². The molecule has 0 radical (unpaired) electrons. The van der Waals surface area contributed by atoms with Crippen LogP contribution in [0.2, 0.25) is 0 Å². The number of rotatable bonds is 8. The Morgan fingerprint density at radius 1 is 1.26 bits per heavy atom. The third-order valence-corrected chi connectivity index (χ3v) is 7.79. The second-order valence-corrected chi connectivity index (χ2v) is 10.5. The number of halogens is 1. The molecule has 3 unspecified atom stereocenters. The standard InChI is InChI=1S/C32H43FN4O/c1-7-23(3)32-27(10-9-17-36(32)37(25(5)8-2)29-15-12-28(33)13-16-29)18-26-11-14-30(20-31(19-26)38-6)35-21-24(4)34-22-35/h11-16,18-19,21-22,25,30-31H,7-10,17,20H2,1-6H3/b27-18+,32-23+. The minimum Gasteiger partial charge on any atom is -0.377 e. The second-order valence-electron chi connectivity index (χ2n) is 10.5. The number of piperidine rings is 1. The van der Waals surface area contributed by atoms with E-state index in [-0.39, 0.29) is 24.0 Å². The molecule has 1 aromatic carbocycles. The molecule has 1 aliphatic carbocycles. The van der Waals surface area contributed by atoms with Gasteiger partial charge in [-0.2, -0.15) is 0 Å². The van der Waals surface area contributed by atoms with E-state index in [0.29, 0.717) is 0 Å². The third kappa shape index (κ3) is 6.29. The van der Waals surface area contributed by atoms with E-state index >= 15 is 0 Å². The van der Waals surface area contributed by atoms with Gasteiger partial charge < -0.3 is 9.30 Å². The molecule has 0 N–H and O–H groups in total. The van der Waals surface area contributed by atoms with Gasteiger partial charge in [0.1, 0.15) is 5.82 Å². The number of ether oxygens (including phenoxy) is 1. The Morgan fingerprint density at radius 2 is 2.03 bits per heavy atom. The normalized spacial score (nSPS) is 23.3. The number of nitrogens with zero attached hydrogens (tertiary/aromatic N) is 4. The second kappa shape index (κ2) is 12.6. The first kappa shape index (κ1) is 27.9. The largest absolute Gasteiger partial charge is 0.377 e. The molecule has 2 aromatic rings. The SMILES string of the molecule is CC/C(C)=C1\C(=C\C2=CC(OC)CC(n3cnc(C)c3)C=C2)CCCN1N(c1ccc(F)cc1)C(C)CC. The van der Waals surface area contributed by atoms with Crippen LogP contribution >= 0.6 is 0 Å². The first-order valence-corrected chi connectivity index (χ1v) is 14.0. The number of benzene rings is 1. The molecule has 1 fully saturated rings. The van der Waals surface area contributed by atoms with Crippen molar-refractivity contribution in [2.24, 2.45) is 0 Å². The zero-order valence-corrected chi connectivity index (χ0v) is 23.8. The molecule has 1 saturated heterocycles. The van der Waals surface area contributed by atoms with Crippen molar-refractivity contribution < 1.29 is 9.13 Å². The van der Waals surface area contributed by atoms with Crippen molar-refractivity contribution in [2.75, 3.05) is 18.7 Å². The number of hydrazine groups is 1. The molecule has 2 aliphatic rings. The van der Waals surface area contributed by atoms with Crippen molar-refractivity contribution in [3.05, 3.63) is 95.0 Å². The number of aryl methyl sites for hydroxylation is 1. The number of anilines is 1. The minimum absolute atomic E-state index is 0.0137. The highest BCUT2D eigenvalue weighted by Crippen LogP contribution is 2.36. The molecule has 0 bridgehead atoms. The van der Waals surface area contributed by atoms with Gasteiger partial charge in [-0.25, -0.2) is 9.37 Å². The zero-order valence-electron chi connectivity index (χ0n) is 23.8. The molecule has 1 aromatic heterocycles. The van der Waals surface area contributed by atoms with E-state index < -0.39 is 0 Å². The number of methoxy groups -OCH3 is 1. The van der Waals surface area contributed by atoms with Gasteiger partial charge in [0.2, 0.25) is 0 Å². The monoisotopic (exact) mass is 518 g/mol. The van der Waals surface area contributed by atoms with Crippen LogP contribution in [-0.2, 0) is 4.74 Å². The van der Waals surface area contributed by atoms with Crippen LogP contribution in [0.1, 0.15) is 71.5 Å². The fourth-order valence-corrected chi connectivity index (χ4v) is 5.41. The lowest BCUT2D eigenvalue weighted by atomic mass is 9.94. The molecule has 6 heteroatoms. The van der Waals surface area contributed by atoms with Gasteiger partial charge in [0.15, 0.2) is 0 Å². The van der Waals surface area contributed by atoms with Crippen molar-refractivity contribution >= 4 is 5.69 Å². The molecule has 38 heavy (non-hydrogen) atoms. The number of aromatic nitrogens is 2. The Morgan fingerprint density at radius 3 is 2.66 bits per heavy atom. The lowest BCUT2D eigenvalue weighted by Gasteiger charge is -2.46. The maximum Gasteiger partial charge on any atom is 0.123 e. The van der Waals surface area contributed by atoms with E-state index in [4.69, 9.17) is 4.74 Å². The number of imidazole rings is 1. The summed E-state index contributed by atoms with van der Waals surface area (Å²) < 4.78 is 21.9. The predicted molar refractivity (Wildman–Crippen MR) is 154 cm³/mol. The van der Waals surface area contributed by atoms with Gasteiger partial charge in [-0.3, -0.25) is 10.0 Å². The highest BCUT2D eigenvalue weighted by atomic mass is 19.1. The van der Waals surface area contributed by atoms with E-state index in [2.05, 4.69) is 77.8 Å². The molecule has 4 rings (SSSR count). The van der Waals surface area contributed by atoms with Crippen molar-refractivity contribution in [2.45, 2.75) is 84.9 Å². The lowest BCUT2D eigenvalue weighted by Crippen LogP contribution is -2.50. The van der Waals surface area contributed by atoms with Crippen LogP contribution in [0.15, 0.2) is 83.5 Å². The smallest absolute Gasteiger partial charge is 0.123 e. The Bertz CT molecular complexity index is 1210. The summed E-state index contributed by atoms with van der Waals surface area (Å²) in [6.45, 7) is 11.9. The van der Waals surface area contributed by atoms with E-state index in [1.165, 1.54) is 22.4 Å². The molecule has 1 aliphatic heterocycles. The van der Waals surface area contributed by atoms with E-state index in [9.17, 15) is 4.39 Å². The van der Waals surface area contributed by atoms with Crippen LogP contribution in [0.5, 0.6) is 0 Å². The molecule has 0 spiro atoms. The minimum atomic E-state index is -0.207. The molecule has 5 nitrogen and oxygen atoms in total. The number of hydrogen-bond donors (Lipinski definition) is 0. The average molecular weight is 519 g/mol. The zero-order chi connectivity index (χ0) is 27.2. The maximum absolute atomic E-state index is 13.8. The summed E-state index contributed by atoms with van der Waals surface area (Å²) in [7, 11) is 1.79. The molecule has 2 heterocycles. The van der Waals surface area contributed by atoms with Gasteiger partial charge in [-0.15, -0.1) is 0 Å². The van der Waals surface area contributed by atoms with E-state index in [1.54, 1.807) is 19.2 Å². The molecule has 3 atom stereocenters. The van der Waals surface area contributed by atoms with Crippen LogP contribution in [0.25, 0.3) is 0 Å². The summed E-state index contributed by atoms with van der Waals surface area (Å²) in [5.41, 5.74) is 7.21. The van der Waals surface area contributed by atoms with Gasteiger partial charge in [-0.05, 0) is 99.6 Å². The summed E-state index contributed by atoms with van der Waals surface area (Å²) in [4.78, 5) is 4.42. The summed E-state index contributed by atoms with van der Waals surface area (Å²) in [5, 5.41) is 4.81. The molecule has 0 amide bonds. The van der Waals surface area contributed by atoms with E-state index in [0.717, 1.165) is 50.0 Å². The van der Waals surface area contributed by atoms with Gasteiger partial charge >= 0.3 is 0 Å². The van der Waals surface area contributed by atoms with Gasteiger partial charge in [0.05, 0.1) is 35.6 Å². The van der Waals surface area contributed by atoms with Crippen LogP contribution in [0.3, 0.4) is 0 Å². The van der Waals surface area contributed by atoms with Gasteiger partial charge in [-0.1, -0.05) is 26.0 Å². The third-order valence-electron chi connectivity index (χ3n) is 7.79. The highest BCUT2D eigenvalue weighted by molar-refractivity contribution is 5.51. The summed E-state index contributed by atoms with van der Waals surface area (Å²) in [6, 6.07) is 7.39. The Hall–Kier alpha value is -3.12. The average Bonchev–Trinajstić information content (AvgIpc) is 3.25. The summed E-state index contributed by atoms with van der Waals surface area (Å²) in [5.74, 6) is -0.207. The van der Waals surface area contributed by atoms with Crippen LogP contribution < -0.4 is 5.01 Å². The van der Waals surface area contributed by atoms with Crippen molar-refractivity contribution in [1.29, 1.82) is 0 Å². The quantitative estimate of drug-likeness (QED) is 0.359. The molecule has 204 valence electrons. The van der Waals surface area contributed by atoms with Crippen LogP contribution in [0, 0.1) is 12.7 Å². The van der Waals surface area contributed by atoms with Crippen LogP contribution in [0.4, 0.5) is 10.1 Å². The van der Waals surface area contributed by atoms with Gasteiger partial charge in [0, 0.05) is 32.3 Å². The molecular weight excluding hydrogens is 475 g/mol. The fraction of sp³-hybridized carbons (Fsp3) is 0.469. The number of allylic oxidation sites excluding steroid dienone is 6. The van der Waals surface area contributed by atoms with Gasteiger partial charge in [0.25, 0.3) is 0 Å². The highest BCUT2D eigenvalue weighted by Gasteiger charge is 2.29. The van der Waals surface area contributed by atoms with Crippen molar-refractivity contribution in [1.82, 2.24) is 14.6 Å². The Kier molecular flexibility index (Phi) is 9.26. The first-order valence-electron chi connectivity index (χ1n) is 14.0. The predicted octanol–water partition coefficient (Wildman–Crippen LogP) is 7.70. The molecular formula is C32H43FN4O. The van der Waals surface area contributed by atoms with Crippen molar-refractivity contribution in [3.8, 4) is 0 Å². The topological polar surface area (TPSA) is 33.5 Å². The Balaban J connectivity index is 1.73. The first-order chi connectivity index (χ1) is 18.3. The molecule has 0 saturated carbocycles.